The molecule has 1 spiro atoms. The van der Waals surface area contributed by atoms with E-state index in [9.17, 15) is 4.79 Å². The van der Waals surface area contributed by atoms with Gasteiger partial charge in [0.1, 0.15) is 16.9 Å². The van der Waals surface area contributed by atoms with E-state index in [0.29, 0.717) is 19.0 Å². The van der Waals surface area contributed by atoms with Crippen molar-refractivity contribution in [3.63, 3.8) is 0 Å². The van der Waals surface area contributed by atoms with Crippen molar-refractivity contribution in [2.45, 2.75) is 25.3 Å². The zero-order chi connectivity index (χ0) is 17.3. The summed E-state index contributed by atoms with van der Waals surface area (Å²) in [4.78, 5) is 20.7. The molecule has 0 bridgehead atoms. The molecule has 1 saturated carbocycles. The Morgan fingerprint density at radius 2 is 2.08 bits per heavy atom. The van der Waals surface area contributed by atoms with Crippen molar-refractivity contribution in [1.82, 2.24) is 20.0 Å². The summed E-state index contributed by atoms with van der Waals surface area (Å²) < 4.78 is 5.53. The molecule has 8 nitrogen and oxygen atoms in total. The maximum Gasteiger partial charge on any atom is 0.228 e. The van der Waals surface area contributed by atoms with Crippen LogP contribution in [-0.2, 0) is 22.1 Å². The van der Waals surface area contributed by atoms with E-state index in [-0.39, 0.29) is 17.4 Å². The molecule has 0 unspecified atom stereocenters. The number of amides is 1. The summed E-state index contributed by atoms with van der Waals surface area (Å²) in [7, 11) is 3.85. The SMILES string of the molecule is Cc1cc2c(c(NC(=O)C3CC3)n1)N(C)C1(COC1)c1nn(C)nc1-2. The van der Waals surface area contributed by atoms with Crippen molar-refractivity contribution >= 4 is 17.4 Å². The summed E-state index contributed by atoms with van der Waals surface area (Å²) in [5, 5.41) is 12.2. The molecular weight excluding hydrogens is 320 g/mol. The number of rotatable bonds is 2. The van der Waals surface area contributed by atoms with Gasteiger partial charge in [-0.2, -0.15) is 15.0 Å². The molecule has 0 radical (unpaired) electrons. The van der Waals surface area contributed by atoms with Crippen LogP contribution >= 0.6 is 0 Å². The van der Waals surface area contributed by atoms with Crippen molar-refractivity contribution < 1.29 is 9.53 Å². The number of nitrogens with zero attached hydrogens (tertiary/aromatic N) is 5. The molecule has 2 aliphatic heterocycles. The Kier molecular flexibility index (Phi) is 2.84. The first kappa shape index (κ1) is 14.8. The number of fused-ring (bicyclic) bond motifs is 4. The molecule has 1 aliphatic carbocycles. The second-order valence-electron chi connectivity index (χ2n) is 7.24. The molecule has 3 aliphatic rings. The minimum Gasteiger partial charge on any atom is -0.376 e. The Hall–Kier alpha value is -2.48. The maximum absolute atomic E-state index is 12.3. The van der Waals surface area contributed by atoms with E-state index in [1.807, 2.05) is 27.1 Å². The number of hydrogen-bond acceptors (Lipinski definition) is 6. The topological polar surface area (TPSA) is 85.2 Å². The predicted octanol–water partition coefficient (Wildman–Crippen LogP) is 1.21. The van der Waals surface area contributed by atoms with Gasteiger partial charge in [-0.1, -0.05) is 0 Å². The van der Waals surface area contributed by atoms with Crippen LogP contribution in [0.5, 0.6) is 0 Å². The molecular formula is C17H20N6O2. The minimum atomic E-state index is -0.341. The third-order valence-corrected chi connectivity index (χ3v) is 5.38. The second kappa shape index (κ2) is 4.78. The summed E-state index contributed by atoms with van der Waals surface area (Å²) in [5.41, 5.74) is 4.15. The molecule has 25 heavy (non-hydrogen) atoms. The van der Waals surface area contributed by atoms with Gasteiger partial charge in [0, 0.05) is 31.3 Å². The molecule has 0 atom stereocenters. The van der Waals surface area contributed by atoms with E-state index in [4.69, 9.17) is 4.74 Å². The molecule has 2 fully saturated rings. The summed E-state index contributed by atoms with van der Waals surface area (Å²) >= 11 is 0. The van der Waals surface area contributed by atoms with Gasteiger partial charge in [0.2, 0.25) is 5.91 Å². The van der Waals surface area contributed by atoms with Crippen LogP contribution in [0.4, 0.5) is 11.5 Å². The molecule has 1 amide bonds. The van der Waals surface area contributed by atoms with Gasteiger partial charge < -0.3 is 15.0 Å². The number of carbonyl (C=O) groups excluding carboxylic acids is 1. The minimum absolute atomic E-state index is 0.0533. The largest absolute Gasteiger partial charge is 0.376 e. The summed E-state index contributed by atoms with van der Waals surface area (Å²) in [6, 6.07) is 2.01. The number of likely N-dealkylation sites (N-methyl/N-ethyl adjacent to an activating group) is 1. The van der Waals surface area contributed by atoms with Gasteiger partial charge in [-0.25, -0.2) is 4.98 Å². The lowest BCUT2D eigenvalue weighted by Gasteiger charge is -2.50. The van der Waals surface area contributed by atoms with Crippen LogP contribution in [0.2, 0.25) is 0 Å². The van der Waals surface area contributed by atoms with Crippen LogP contribution in [-0.4, -0.2) is 46.1 Å². The molecule has 130 valence electrons. The van der Waals surface area contributed by atoms with Crippen molar-refractivity contribution in [3.05, 3.63) is 17.5 Å². The standard InChI is InChI=1S/C17H20N6O2/c1-9-6-11-12-14(21-23(3)20-12)17(7-25-8-17)22(2)13(11)15(18-9)19-16(24)10-4-5-10/h6,10H,4-5,7-8H2,1-3H3,(H,18,19,24). The molecule has 4 heterocycles. The number of ether oxygens (including phenoxy) is 1. The van der Waals surface area contributed by atoms with Gasteiger partial charge in [-0.05, 0) is 25.8 Å². The van der Waals surface area contributed by atoms with Gasteiger partial charge in [0.25, 0.3) is 0 Å². The van der Waals surface area contributed by atoms with Crippen molar-refractivity contribution in [2.24, 2.45) is 13.0 Å². The average molecular weight is 340 g/mol. The third-order valence-electron chi connectivity index (χ3n) is 5.38. The Morgan fingerprint density at radius 3 is 2.72 bits per heavy atom. The molecule has 8 heteroatoms. The molecule has 1 saturated heterocycles. The lowest BCUT2D eigenvalue weighted by atomic mass is 9.83. The highest BCUT2D eigenvalue weighted by molar-refractivity contribution is 6.00. The number of carbonyl (C=O) groups is 1. The summed E-state index contributed by atoms with van der Waals surface area (Å²) in [6.45, 7) is 3.04. The Bertz CT molecular complexity index is 897. The van der Waals surface area contributed by atoms with Crippen molar-refractivity contribution in [1.29, 1.82) is 0 Å². The number of aryl methyl sites for hydroxylation is 2. The van der Waals surface area contributed by atoms with E-state index >= 15 is 0 Å². The first-order valence-electron chi connectivity index (χ1n) is 8.56. The van der Waals surface area contributed by atoms with Crippen LogP contribution < -0.4 is 10.2 Å². The molecule has 1 N–H and O–H groups in total. The van der Waals surface area contributed by atoms with E-state index in [1.165, 1.54) is 0 Å². The first-order chi connectivity index (χ1) is 12.0. The fourth-order valence-corrected chi connectivity index (χ4v) is 3.74. The van der Waals surface area contributed by atoms with Crippen LogP contribution in [0.25, 0.3) is 11.3 Å². The van der Waals surface area contributed by atoms with E-state index < -0.39 is 0 Å². The number of aromatic nitrogens is 4. The van der Waals surface area contributed by atoms with Crippen molar-refractivity contribution in [3.8, 4) is 11.3 Å². The Balaban J connectivity index is 1.71. The molecule has 2 aromatic rings. The predicted molar refractivity (Wildman–Crippen MR) is 91.2 cm³/mol. The van der Waals surface area contributed by atoms with Crippen molar-refractivity contribution in [2.75, 3.05) is 30.5 Å². The molecule has 2 aromatic heterocycles. The number of nitrogens with one attached hydrogen (secondary N) is 1. The van der Waals surface area contributed by atoms with Gasteiger partial charge in [-0.15, -0.1) is 0 Å². The van der Waals surface area contributed by atoms with Crippen LogP contribution in [0.1, 0.15) is 24.2 Å². The molecule has 5 rings (SSSR count). The van der Waals surface area contributed by atoms with Crippen LogP contribution in [0.15, 0.2) is 6.07 Å². The first-order valence-corrected chi connectivity index (χ1v) is 8.56. The quantitative estimate of drug-likeness (QED) is 0.884. The Labute approximate surface area is 145 Å². The highest BCUT2D eigenvalue weighted by Crippen LogP contribution is 2.51. The van der Waals surface area contributed by atoms with Crippen LogP contribution in [0, 0.1) is 12.8 Å². The number of hydrogen-bond donors (Lipinski definition) is 1. The zero-order valence-corrected chi connectivity index (χ0v) is 14.5. The van der Waals surface area contributed by atoms with Crippen LogP contribution in [0.3, 0.4) is 0 Å². The number of pyridine rings is 1. The number of anilines is 2. The monoisotopic (exact) mass is 340 g/mol. The lowest BCUT2D eigenvalue weighted by molar-refractivity contribution is -0.117. The summed E-state index contributed by atoms with van der Waals surface area (Å²) in [5.74, 6) is 0.787. The Morgan fingerprint density at radius 1 is 1.32 bits per heavy atom. The van der Waals surface area contributed by atoms with Gasteiger partial charge in [0.15, 0.2) is 5.82 Å². The highest BCUT2D eigenvalue weighted by Gasteiger charge is 2.53. The third kappa shape index (κ3) is 1.97. The smallest absolute Gasteiger partial charge is 0.228 e. The second-order valence-corrected chi connectivity index (χ2v) is 7.24. The molecule has 0 aromatic carbocycles. The van der Waals surface area contributed by atoms with Gasteiger partial charge in [-0.3, -0.25) is 4.79 Å². The van der Waals surface area contributed by atoms with E-state index in [2.05, 4.69) is 25.4 Å². The fraction of sp³-hybridized carbons (Fsp3) is 0.529. The summed E-state index contributed by atoms with van der Waals surface area (Å²) in [6.07, 6.45) is 1.92. The van der Waals surface area contributed by atoms with E-state index in [1.54, 1.807) is 4.80 Å². The fourth-order valence-electron chi connectivity index (χ4n) is 3.74. The maximum atomic E-state index is 12.3. The van der Waals surface area contributed by atoms with E-state index in [0.717, 1.165) is 41.2 Å². The lowest BCUT2D eigenvalue weighted by Crippen LogP contribution is -2.60. The average Bonchev–Trinajstić information content (AvgIpc) is 3.28. The van der Waals surface area contributed by atoms with Gasteiger partial charge in [0.05, 0.1) is 18.9 Å². The highest BCUT2D eigenvalue weighted by atomic mass is 16.5. The normalized spacial score (nSPS) is 20.0. The van der Waals surface area contributed by atoms with Gasteiger partial charge >= 0.3 is 0 Å². The zero-order valence-electron chi connectivity index (χ0n) is 14.5.